The number of imidazole rings is 1. The van der Waals surface area contributed by atoms with Crippen LogP contribution in [0.3, 0.4) is 0 Å². The van der Waals surface area contributed by atoms with Gasteiger partial charge >= 0.3 is 0 Å². The van der Waals surface area contributed by atoms with Crippen LogP contribution in [0.25, 0.3) is 16.7 Å². The van der Waals surface area contributed by atoms with Crippen LogP contribution in [0.4, 0.5) is 0 Å². The Hall–Kier alpha value is -1.55. The first-order chi connectivity index (χ1) is 7.25. The Labute approximate surface area is 93.5 Å². The molecule has 0 aliphatic heterocycles. The number of hydrogen-bond acceptors (Lipinski definition) is 1. The fourth-order valence-electron chi connectivity index (χ4n) is 1.75. The third-order valence-corrected chi connectivity index (χ3v) is 3.09. The maximum atomic E-state index is 11.2. The van der Waals surface area contributed by atoms with Crippen molar-refractivity contribution in [1.82, 2.24) is 9.38 Å². The first-order valence-corrected chi connectivity index (χ1v) is 5.33. The second-order valence-corrected chi connectivity index (χ2v) is 4.23. The number of pyridine rings is 1. The summed E-state index contributed by atoms with van der Waals surface area (Å²) in [5.74, 6) is 0. The number of H-pyrrole nitrogens is 1. The third-order valence-electron chi connectivity index (χ3n) is 2.43. The van der Waals surface area contributed by atoms with E-state index in [-0.39, 0.29) is 5.43 Å². The van der Waals surface area contributed by atoms with Crippen LogP contribution in [0.1, 0.15) is 0 Å². The molecule has 0 aliphatic rings. The minimum absolute atomic E-state index is 0.0117. The van der Waals surface area contributed by atoms with E-state index in [2.05, 4.69) is 20.9 Å². The van der Waals surface area contributed by atoms with Gasteiger partial charge in [0.05, 0.1) is 11.0 Å². The van der Waals surface area contributed by atoms with Gasteiger partial charge in [-0.1, -0.05) is 6.07 Å². The Kier molecular flexibility index (Phi) is 1.73. The highest BCUT2D eigenvalue weighted by molar-refractivity contribution is 9.10. The summed E-state index contributed by atoms with van der Waals surface area (Å²) < 4.78 is 2.96. The minimum atomic E-state index is 0.0117. The van der Waals surface area contributed by atoms with E-state index in [1.807, 2.05) is 22.6 Å². The molecule has 2 aromatic heterocycles. The van der Waals surface area contributed by atoms with Gasteiger partial charge in [0, 0.05) is 22.8 Å². The minimum Gasteiger partial charge on any atom is -0.339 e. The van der Waals surface area contributed by atoms with E-state index in [0.29, 0.717) is 0 Å². The number of fused-ring (bicyclic) bond motifs is 3. The van der Waals surface area contributed by atoms with E-state index in [4.69, 9.17) is 0 Å². The fraction of sp³-hybridized carbons (Fsp3) is 0. The molecule has 3 aromatic rings. The predicted molar refractivity (Wildman–Crippen MR) is 63.2 cm³/mol. The molecule has 0 fully saturated rings. The summed E-state index contributed by atoms with van der Waals surface area (Å²) >= 11 is 3.47. The summed E-state index contributed by atoms with van der Waals surface area (Å²) in [5, 5.41) is 0. The van der Waals surface area contributed by atoms with Gasteiger partial charge in [0.25, 0.3) is 0 Å². The average Bonchev–Trinajstić information content (AvgIpc) is 2.57. The monoisotopic (exact) mass is 262 g/mol. The zero-order chi connectivity index (χ0) is 10.4. The molecule has 0 unspecified atom stereocenters. The van der Waals surface area contributed by atoms with Gasteiger partial charge in [0.2, 0.25) is 0 Å². The number of rotatable bonds is 0. The van der Waals surface area contributed by atoms with Crippen molar-refractivity contribution in [1.29, 1.82) is 0 Å². The number of nitrogens with zero attached hydrogens (tertiary/aromatic N) is 1. The van der Waals surface area contributed by atoms with Crippen LogP contribution in [-0.4, -0.2) is 9.38 Å². The van der Waals surface area contributed by atoms with Crippen LogP contribution in [-0.2, 0) is 0 Å². The van der Waals surface area contributed by atoms with Crippen molar-refractivity contribution in [3.63, 3.8) is 0 Å². The average molecular weight is 263 g/mol. The lowest BCUT2D eigenvalue weighted by Gasteiger charge is -1.94. The van der Waals surface area contributed by atoms with Gasteiger partial charge in [-0.3, -0.25) is 4.79 Å². The summed E-state index contributed by atoms with van der Waals surface area (Å²) in [5.41, 5.74) is 2.88. The number of para-hydroxylation sites is 1. The Morgan fingerprint density at radius 1 is 1.27 bits per heavy atom. The lowest BCUT2D eigenvalue weighted by Crippen LogP contribution is -1.97. The molecule has 0 saturated carbocycles. The molecule has 0 atom stereocenters. The zero-order valence-corrected chi connectivity index (χ0v) is 9.28. The van der Waals surface area contributed by atoms with Crippen molar-refractivity contribution >= 4 is 32.6 Å². The molecule has 0 spiro atoms. The number of benzene rings is 1. The molecule has 3 nitrogen and oxygen atoms in total. The summed E-state index contributed by atoms with van der Waals surface area (Å²) in [4.78, 5) is 14.4. The predicted octanol–water partition coefficient (Wildman–Crippen LogP) is 2.54. The van der Waals surface area contributed by atoms with Crippen LogP contribution in [0.2, 0.25) is 0 Å². The van der Waals surface area contributed by atoms with Gasteiger partial charge in [0.15, 0.2) is 5.43 Å². The highest BCUT2D eigenvalue weighted by Crippen LogP contribution is 2.23. The smallest absolute Gasteiger partial charge is 0.183 e. The van der Waals surface area contributed by atoms with Crippen LogP contribution in [0.5, 0.6) is 0 Å². The van der Waals surface area contributed by atoms with Gasteiger partial charge in [-0.05, 0) is 28.1 Å². The van der Waals surface area contributed by atoms with Gasteiger partial charge in [0.1, 0.15) is 5.65 Å². The normalized spacial score (nSPS) is 11.3. The van der Waals surface area contributed by atoms with Crippen LogP contribution < -0.4 is 5.43 Å². The van der Waals surface area contributed by atoms with Crippen LogP contribution in [0, 0.1) is 0 Å². The van der Waals surface area contributed by atoms with Crippen molar-refractivity contribution < 1.29 is 0 Å². The highest BCUT2D eigenvalue weighted by atomic mass is 79.9. The second-order valence-electron chi connectivity index (χ2n) is 3.38. The maximum Gasteiger partial charge on any atom is 0.183 e. The van der Waals surface area contributed by atoms with E-state index >= 15 is 0 Å². The number of aromatic nitrogens is 2. The van der Waals surface area contributed by atoms with Crippen molar-refractivity contribution in [3.05, 3.63) is 51.2 Å². The summed E-state index contributed by atoms with van der Waals surface area (Å²) in [6.07, 6.45) is 1.78. The second kappa shape index (κ2) is 2.97. The molecule has 0 radical (unpaired) electrons. The molecule has 3 rings (SSSR count). The van der Waals surface area contributed by atoms with E-state index in [0.717, 1.165) is 21.2 Å². The van der Waals surface area contributed by atoms with Gasteiger partial charge in [-0.2, -0.15) is 0 Å². The molecule has 0 aliphatic carbocycles. The Balaban J connectivity index is 2.63. The molecule has 1 aromatic carbocycles. The number of nitrogens with one attached hydrogen (secondary N) is 1. The number of hydrogen-bond donors (Lipinski definition) is 1. The fourth-order valence-corrected chi connectivity index (χ4v) is 2.21. The van der Waals surface area contributed by atoms with Gasteiger partial charge in [-0.15, -0.1) is 0 Å². The van der Waals surface area contributed by atoms with Crippen molar-refractivity contribution in [2.24, 2.45) is 0 Å². The largest absolute Gasteiger partial charge is 0.339 e. The lowest BCUT2D eigenvalue weighted by molar-refractivity contribution is 1.21. The highest BCUT2D eigenvalue weighted by Gasteiger charge is 2.04. The molecule has 15 heavy (non-hydrogen) atoms. The molecule has 1 N–H and O–H groups in total. The molecule has 74 valence electrons. The maximum absolute atomic E-state index is 11.2. The Morgan fingerprint density at radius 3 is 3.00 bits per heavy atom. The summed E-state index contributed by atoms with van der Waals surface area (Å²) in [6, 6.07) is 9.09. The van der Waals surface area contributed by atoms with Gasteiger partial charge in [-0.25, -0.2) is 0 Å². The van der Waals surface area contributed by atoms with E-state index < -0.39 is 0 Å². The number of aromatic amines is 1. The molecular weight excluding hydrogens is 256 g/mol. The molecule has 0 bridgehead atoms. The van der Waals surface area contributed by atoms with Crippen molar-refractivity contribution in [3.8, 4) is 0 Å². The first kappa shape index (κ1) is 8.73. The SMILES string of the molecule is O=c1ccn2c(c1)[nH]c1c(Br)cccc12. The topological polar surface area (TPSA) is 37.3 Å². The quantitative estimate of drug-likeness (QED) is 0.665. The van der Waals surface area contributed by atoms with Crippen molar-refractivity contribution in [2.75, 3.05) is 0 Å². The van der Waals surface area contributed by atoms with Gasteiger partial charge < -0.3 is 9.38 Å². The first-order valence-electron chi connectivity index (χ1n) is 4.54. The Morgan fingerprint density at radius 2 is 2.13 bits per heavy atom. The molecule has 0 amide bonds. The standard InChI is InChI=1S/C11H7BrN2O/c12-8-2-1-3-9-11(8)13-10-6-7(15)4-5-14(9)10/h1-6,13H. The Bertz CT molecular complexity index is 711. The third kappa shape index (κ3) is 1.22. The summed E-state index contributed by atoms with van der Waals surface area (Å²) in [7, 11) is 0. The van der Waals surface area contributed by atoms with E-state index in [9.17, 15) is 4.79 Å². The molecule has 0 saturated heterocycles. The lowest BCUT2D eigenvalue weighted by atomic mass is 10.3. The number of halogens is 1. The molecule has 2 heterocycles. The summed E-state index contributed by atoms with van der Waals surface area (Å²) in [6.45, 7) is 0. The molecular formula is C11H7BrN2O. The van der Waals surface area contributed by atoms with Crippen LogP contribution >= 0.6 is 15.9 Å². The van der Waals surface area contributed by atoms with E-state index in [1.54, 1.807) is 18.3 Å². The van der Waals surface area contributed by atoms with E-state index in [1.165, 1.54) is 0 Å². The van der Waals surface area contributed by atoms with Crippen molar-refractivity contribution in [2.45, 2.75) is 0 Å². The van der Waals surface area contributed by atoms with Crippen LogP contribution in [0.15, 0.2) is 45.8 Å². The molecule has 4 heteroatoms. The zero-order valence-electron chi connectivity index (χ0n) is 7.70.